The molecule has 0 bridgehead atoms. The van der Waals surface area contributed by atoms with Crippen LogP contribution < -0.4 is 20.9 Å². The van der Waals surface area contributed by atoms with Crippen LogP contribution in [0.25, 0.3) is 0 Å². The van der Waals surface area contributed by atoms with Crippen molar-refractivity contribution in [2.45, 2.75) is 104 Å². The number of halogens is 3. The van der Waals surface area contributed by atoms with Crippen molar-refractivity contribution in [2.24, 2.45) is 17.8 Å². The predicted molar refractivity (Wildman–Crippen MR) is 183 cm³/mol. The van der Waals surface area contributed by atoms with Crippen LogP contribution in [0, 0.1) is 17.8 Å². The number of hydrogen-bond acceptors (Lipinski definition) is 15. The van der Waals surface area contributed by atoms with Crippen molar-refractivity contribution in [3.05, 3.63) is 0 Å². The number of amides is 1. The standard InChI is InChI=1S/C28H48N6O6S3.C2HF3O2/c1-14(2)11-16-5-10-39-23-17(12-16)13-30-19(23)25(38)31-18(24-21(36)20(35)22(37)26(40-24)41-4)15(3)42-28-33-32-27(43-28)34-8-6-29-7-9-34;3-2(4,5)1(6)7/h14-24,26,29-30,35-37H,5-13H2,1-4H3,(H,31,38);(H,6,7)/t15-,16-,17-,18+,19-,20-,21+,22+,23+,24+,26+;/m0./s1. The summed E-state index contributed by atoms with van der Waals surface area (Å²) < 4.78 is 44.9. The van der Waals surface area contributed by atoms with E-state index in [1.807, 2.05) is 6.92 Å². The molecule has 0 aromatic carbocycles. The largest absolute Gasteiger partial charge is 0.490 e. The Morgan fingerprint density at radius 3 is 2.42 bits per heavy atom. The highest BCUT2D eigenvalue weighted by Gasteiger charge is 2.50. The Hall–Kier alpha value is -1.49. The summed E-state index contributed by atoms with van der Waals surface area (Å²) in [5.74, 6) is -1.51. The molecule has 4 aliphatic heterocycles. The van der Waals surface area contributed by atoms with Gasteiger partial charge in [-0.25, -0.2) is 4.79 Å². The Kier molecular flexibility index (Phi) is 15.3. The zero-order chi connectivity index (χ0) is 36.7. The number of thioether (sulfide) groups is 2. The van der Waals surface area contributed by atoms with Gasteiger partial charge in [0.05, 0.1) is 12.1 Å². The molecule has 5 rings (SSSR count). The van der Waals surface area contributed by atoms with Crippen molar-refractivity contribution < 1.29 is 52.7 Å². The molecule has 4 saturated heterocycles. The fourth-order valence-corrected chi connectivity index (χ4v) is 9.78. The third-order valence-electron chi connectivity index (χ3n) is 9.27. The summed E-state index contributed by atoms with van der Waals surface area (Å²) in [5, 5.41) is 58.7. The number of rotatable bonds is 10. The molecular weight excluding hydrogens is 726 g/mol. The van der Waals surface area contributed by atoms with Crippen LogP contribution in [0.3, 0.4) is 0 Å². The molecule has 0 radical (unpaired) electrons. The number of anilines is 1. The van der Waals surface area contributed by atoms with Gasteiger partial charge in [0, 0.05) is 44.6 Å². The average molecular weight is 775 g/mol. The lowest BCUT2D eigenvalue weighted by molar-refractivity contribution is -0.205. The summed E-state index contributed by atoms with van der Waals surface area (Å²) in [5.41, 5.74) is -0.752. The number of aliphatic hydroxyl groups excluding tert-OH is 3. The summed E-state index contributed by atoms with van der Waals surface area (Å²) in [6.45, 7) is 11.3. The first kappa shape index (κ1) is 41.3. The second-order valence-corrected chi connectivity index (χ2v) is 16.9. The monoisotopic (exact) mass is 774 g/mol. The summed E-state index contributed by atoms with van der Waals surface area (Å²) in [4.78, 5) is 25.0. The van der Waals surface area contributed by atoms with E-state index >= 15 is 0 Å². The van der Waals surface area contributed by atoms with E-state index in [0.29, 0.717) is 25.0 Å². The SMILES string of the molecule is CS[C@H]1O[C@H]([C@H](NC(=O)[C@H]2NC[C@@H]3C[C@H](CC(C)C)CCO[C@H]32)[C@H](C)Sc2nnc(N3CCNCC3)s2)[C@H](O)[C@H](O)[C@H]1O.O=C(O)C(F)(F)F. The Bertz CT molecular complexity index is 1250. The van der Waals surface area contributed by atoms with Gasteiger partial charge >= 0.3 is 12.1 Å². The van der Waals surface area contributed by atoms with Gasteiger partial charge in [0.15, 0.2) is 4.34 Å². The summed E-state index contributed by atoms with van der Waals surface area (Å²) in [7, 11) is 0. The maximum absolute atomic E-state index is 13.9. The minimum atomic E-state index is -5.08. The number of piperazine rings is 1. The van der Waals surface area contributed by atoms with Crippen molar-refractivity contribution in [2.75, 3.05) is 50.5 Å². The molecule has 0 aliphatic carbocycles. The maximum atomic E-state index is 13.9. The number of aliphatic carboxylic acids is 1. The lowest BCUT2D eigenvalue weighted by Gasteiger charge is -2.44. The Balaban J connectivity index is 0.000000727. The molecule has 0 spiro atoms. The molecule has 1 amide bonds. The van der Waals surface area contributed by atoms with Gasteiger partial charge in [0.2, 0.25) is 11.0 Å². The quantitative estimate of drug-likeness (QED) is 0.167. The smallest absolute Gasteiger partial charge is 0.475 e. The number of carbonyl (C=O) groups is 2. The number of carboxylic acid groups (broad SMARTS) is 1. The highest BCUT2D eigenvalue weighted by Crippen LogP contribution is 2.37. The molecule has 14 nitrogen and oxygen atoms in total. The molecule has 1 aromatic heterocycles. The van der Waals surface area contributed by atoms with E-state index in [-0.39, 0.29) is 23.2 Å². The normalized spacial score (nSPS) is 33.1. The van der Waals surface area contributed by atoms with Crippen molar-refractivity contribution in [3.8, 4) is 0 Å². The van der Waals surface area contributed by atoms with Gasteiger partial charge < -0.3 is 50.8 Å². The van der Waals surface area contributed by atoms with Crippen LogP contribution in [0.4, 0.5) is 18.3 Å². The molecule has 1 aromatic rings. The molecule has 4 fully saturated rings. The topological polar surface area (TPSA) is 199 Å². The molecule has 5 heterocycles. The van der Waals surface area contributed by atoms with Gasteiger partial charge in [0.25, 0.3) is 0 Å². The number of ether oxygens (including phenoxy) is 2. The van der Waals surface area contributed by atoms with Gasteiger partial charge in [-0.1, -0.05) is 43.9 Å². The second kappa shape index (κ2) is 18.5. The highest BCUT2D eigenvalue weighted by molar-refractivity contribution is 8.01. The van der Waals surface area contributed by atoms with Gasteiger partial charge in [-0.15, -0.1) is 22.0 Å². The Morgan fingerprint density at radius 1 is 1.12 bits per heavy atom. The number of nitrogens with zero attached hydrogens (tertiary/aromatic N) is 3. The van der Waals surface area contributed by atoms with Crippen LogP contribution in [-0.2, 0) is 19.1 Å². The number of nitrogens with one attached hydrogen (secondary N) is 3. The van der Waals surface area contributed by atoms with Gasteiger partial charge in [-0.05, 0) is 43.3 Å². The van der Waals surface area contributed by atoms with Crippen molar-refractivity contribution in [3.63, 3.8) is 0 Å². The van der Waals surface area contributed by atoms with Crippen molar-refractivity contribution in [1.82, 2.24) is 26.1 Å². The molecular formula is C30H49F3N6O8S3. The zero-order valence-electron chi connectivity index (χ0n) is 28.4. The predicted octanol–water partition coefficient (Wildman–Crippen LogP) is 1.15. The molecule has 0 unspecified atom stereocenters. The van der Waals surface area contributed by atoms with E-state index in [0.717, 1.165) is 54.9 Å². The maximum Gasteiger partial charge on any atom is 0.490 e. The molecule has 20 heteroatoms. The first-order valence-corrected chi connectivity index (χ1v) is 19.7. The van der Waals surface area contributed by atoms with E-state index in [2.05, 4.69) is 44.9 Å². The van der Waals surface area contributed by atoms with Crippen LogP contribution in [0.2, 0.25) is 0 Å². The zero-order valence-corrected chi connectivity index (χ0v) is 30.9. The van der Waals surface area contributed by atoms with Crippen LogP contribution in [-0.4, -0.2) is 148 Å². The molecule has 11 atom stereocenters. The fourth-order valence-electron chi connectivity index (χ4n) is 6.82. The number of carboxylic acids is 1. The molecule has 4 aliphatic rings. The summed E-state index contributed by atoms with van der Waals surface area (Å²) >= 11 is 4.21. The third kappa shape index (κ3) is 10.8. The van der Waals surface area contributed by atoms with E-state index in [1.165, 1.54) is 34.9 Å². The van der Waals surface area contributed by atoms with Gasteiger partial charge in [-0.2, -0.15) is 13.2 Å². The molecule has 7 N–H and O–H groups in total. The van der Waals surface area contributed by atoms with Crippen LogP contribution in [0.1, 0.15) is 40.0 Å². The first-order valence-electron chi connectivity index (χ1n) is 16.7. The second-order valence-electron chi connectivity index (χ2n) is 13.4. The summed E-state index contributed by atoms with van der Waals surface area (Å²) in [6.07, 6.45) is -5.35. The fraction of sp³-hybridized carbons (Fsp3) is 0.867. The van der Waals surface area contributed by atoms with Crippen LogP contribution >= 0.6 is 34.9 Å². The van der Waals surface area contributed by atoms with Crippen molar-refractivity contribution >= 4 is 51.9 Å². The Labute approximate surface area is 302 Å². The van der Waals surface area contributed by atoms with E-state index in [1.54, 1.807) is 6.26 Å². The molecule has 50 heavy (non-hydrogen) atoms. The van der Waals surface area contributed by atoms with Gasteiger partial charge in [-0.3, -0.25) is 4.79 Å². The van der Waals surface area contributed by atoms with E-state index in [4.69, 9.17) is 19.4 Å². The molecule has 286 valence electrons. The summed E-state index contributed by atoms with van der Waals surface area (Å²) in [6, 6.07) is -1.23. The number of hydrogen-bond donors (Lipinski definition) is 7. The number of aliphatic hydroxyl groups is 3. The lowest BCUT2D eigenvalue weighted by atomic mass is 9.85. The van der Waals surface area contributed by atoms with Crippen LogP contribution in [0.15, 0.2) is 4.34 Å². The highest BCUT2D eigenvalue weighted by atomic mass is 32.2. The Morgan fingerprint density at radius 2 is 1.80 bits per heavy atom. The van der Waals surface area contributed by atoms with Crippen molar-refractivity contribution in [1.29, 1.82) is 0 Å². The minimum Gasteiger partial charge on any atom is -0.475 e. The number of alkyl halides is 3. The van der Waals surface area contributed by atoms with Gasteiger partial charge in [0.1, 0.15) is 35.9 Å². The molecule has 0 saturated carbocycles. The van der Waals surface area contributed by atoms with E-state index < -0.39 is 54.1 Å². The first-order chi connectivity index (χ1) is 23.6. The minimum absolute atomic E-state index is 0.219. The number of fused-ring (bicyclic) bond motifs is 1. The van der Waals surface area contributed by atoms with Crippen LogP contribution in [0.5, 0.6) is 0 Å². The third-order valence-corrected chi connectivity index (χ3v) is 12.4. The number of carbonyl (C=O) groups excluding carboxylic acids is 1. The lowest BCUT2D eigenvalue weighted by Crippen LogP contribution is -2.65. The average Bonchev–Trinajstić information content (AvgIpc) is 3.65. The van der Waals surface area contributed by atoms with E-state index in [9.17, 15) is 33.3 Å². The number of aromatic nitrogens is 2.